The van der Waals surface area contributed by atoms with Crippen molar-refractivity contribution in [1.82, 2.24) is 14.8 Å². The van der Waals surface area contributed by atoms with Crippen LogP contribution < -0.4 is 10.1 Å². The average Bonchev–Trinajstić information content (AvgIpc) is 3.20. The van der Waals surface area contributed by atoms with Crippen molar-refractivity contribution in [2.45, 2.75) is 0 Å². The Balaban J connectivity index is 1.78. The van der Waals surface area contributed by atoms with Gasteiger partial charge >= 0.3 is 0 Å². The second-order valence-corrected chi connectivity index (χ2v) is 6.58. The highest BCUT2D eigenvalue weighted by molar-refractivity contribution is 6.32. The predicted molar refractivity (Wildman–Crippen MR) is 113 cm³/mol. The maximum absolute atomic E-state index is 12.7. The van der Waals surface area contributed by atoms with E-state index in [2.05, 4.69) is 15.4 Å². The number of rotatable bonds is 5. The van der Waals surface area contributed by atoms with Crippen molar-refractivity contribution < 1.29 is 9.53 Å². The number of methoxy groups -OCH3 is 1. The summed E-state index contributed by atoms with van der Waals surface area (Å²) < 4.78 is 6.79. The number of para-hydroxylation sites is 2. The lowest BCUT2D eigenvalue weighted by Crippen LogP contribution is -2.14. The Morgan fingerprint density at radius 1 is 0.966 bits per heavy atom. The van der Waals surface area contributed by atoms with Crippen LogP contribution in [0.5, 0.6) is 5.75 Å². The summed E-state index contributed by atoms with van der Waals surface area (Å²) >= 11 is 6.38. The minimum Gasteiger partial charge on any atom is -0.497 e. The molecule has 0 aliphatic rings. The molecule has 0 spiro atoms. The maximum atomic E-state index is 12.7. The number of halogens is 1. The fourth-order valence-electron chi connectivity index (χ4n) is 2.84. The van der Waals surface area contributed by atoms with Gasteiger partial charge in [-0.2, -0.15) is 0 Å². The van der Waals surface area contributed by atoms with E-state index in [1.54, 1.807) is 30.0 Å². The molecular weight excluding hydrogens is 388 g/mol. The van der Waals surface area contributed by atoms with Crippen LogP contribution in [-0.4, -0.2) is 27.8 Å². The fraction of sp³-hybridized carbons (Fsp3) is 0.0455. The lowest BCUT2D eigenvalue weighted by molar-refractivity contribution is 0.101. The molecule has 0 aliphatic heterocycles. The number of carbonyl (C=O) groups is 1. The molecule has 0 bridgehead atoms. The van der Waals surface area contributed by atoms with Gasteiger partial charge in [-0.3, -0.25) is 4.79 Å². The lowest BCUT2D eigenvalue weighted by Gasteiger charge is -2.08. The Morgan fingerprint density at radius 2 is 1.66 bits per heavy atom. The summed E-state index contributed by atoms with van der Waals surface area (Å²) in [5.74, 6) is 0.856. The van der Waals surface area contributed by atoms with E-state index in [1.807, 2.05) is 60.7 Å². The first-order chi connectivity index (χ1) is 14.2. The number of nitrogens with zero attached hydrogens (tertiary/aromatic N) is 3. The van der Waals surface area contributed by atoms with E-state index in [0.29, 0.717) is 22.2 Å². The molecular formula is C22H17ClN4O2. The summed E-state index contributed by atoms with van der Waals surface area (Å²) in [6, 6.07) is 23.8. The number of hydrogen-bond donors (Lipinski definition) is 1. The normalized spacial score (nSPS) is 10.6. The van der Waals surface area contributed by atoms with Gasteiger partial charge in [-0.15, -0.1) is 5.10 Å². The molecule has 0 atom stereocenters. The Labute approximate surface area is 172 Å². The van der Waals surface area contributed by atoms with Crippen LogP contribution in [0.4, 0.5) is 5.69 Å². The summed E-state index contributed by atoms with van der Waals surface area (Å²) in [6.07, 6.45) is 0. The van der Waals surface area contributed by atoms with Crippen molar-refractivity contribution in [2.75, 3.05) is 12.4 Å². The third-order valence-electron chi connectivity index (χ3n) is 4.27. The molecule has 0 fully saturated rings. The van der Waals surface area contributed by atoms with Crippen LogP contribution in [0.15, 0.2) is 78.9 Å². The van der Waals surface area contributed by atoms with Gasteiger partial charge in [0.1, 0.15) is 5.75 Å². The molecule has 144 valence electrons. The molecule has 29 heavy (non-hydrogen) atoms. The van der Waals surface area contributed by atoms with Crippen molar-refractivity contribution in [2.24, 2.45) is 0 Å². The molecule has 1 amide bonds. The van der Waals surface area contributed by atoms with E-state index in [1.165, 1.54) is 0 Å². The first-order valence-corrected chi connectivity index (χ1v) is 9.26. The van der Waals surface area contributed by atoms with Crippen molar-refractivity contribution in [3.05, 3.63) is 89.7 Å². The number of ether oxygens (including phenoxy) is 1. The zero-order chi connectivity index (χ0) is 20.2. The van der Waals surface area contributed by atoms with Gasteiger partial charge in [-0.05, 0) is 48.5 Å². The van der Waals surface area contributed by atoms with Gasteiger partial charge in [0.25, 0.3) is 5.91 Å². The summed E-state index contributed by atoms with van der Waals surface area (Å²) in [5, 5.41) is 7.74. The van der Waals surface area contributed by atoms with Crippen molar-refractivity contribution in [3.63, 3.8) is 0 Å². The van der Waals surface area contributed by atoms with Crippen LogP contribution in [0.1, 0.15) is 10.6 Å². The molecule has 1 heterocycles. The minimum absolute atomic E-state index is 0.0413. The lowest BCUT2D eigenvalue weighted by atomic mass is 10.2. The largest absolute Gasteiger partial charge is 0.497 e. The molecule has 1 N–H and O–H groups in total. The Hall–Kier alpha value is -3.64. The zero-order valence-electron chi connectivity index (χ0n) is 15.5. The van der Waals surface area contributed by atoms with Crippen LogP contribution in [0.3, 0.4) is 0 Å². The molecule has 1 aromatic heterocycles. The van der Waals surface area contributed by atoms with E-state index >= 15 is 0 Å². The van der Waals surface area contributed by atoms with Gasteiger partial charge in [-0.25, -0.2) is 9.67 Å². The first-order valence-electron chi connectivity index (χ1n) is 8.88. The second-order valence-electron chi connectivity index (χ2n) is 6.17. The molecule has 0 saturated heterocycles. The highest BCUT2D eigenvalue weighted by Crippen LogP contribution is 2.27. The molecule has 7 heteroatoms. The summed E-state index contributed by atoms with van der Waals surface area (Å²) in [6.45, 7) is 0. The summed E-state index contributed by atoms with van der Waals surface area (Å²) in [5.41, 5.74) is 2.07. The van der Waals surface area contributed by atoms with Crippen LogP contribution in [0, 0.1) is 0 Å². The van der Waals surface area contributed by atoms with Gasteiger partial charge in [0, 0.05) is 11.3 Å². The summed E-state index contributed by atoms with van der Waals surface area (Å²) in [4.78, 5) is 17.2. The van der Waals surface area contributed by atoms with Crippen LogP contribution in [0.2, 0.25) is 5.02 Å². The van der Waals surface area contributed by atoms with Crippen LogP contribution in [0.25, 0.3) is 17.1 Å². The topological polar surface area (TPSA) is 69.0 Å². The molecule has 0 radical (unpaired) electrons. The Bertz CT molecular complexity index is 1140. The molecule has 0 aliphatic carbocycles. The van der Waals surface area contributed by atoms with Gasteiger partial charge in [0.2, 0.25) is 5.82 Å². The number of aromatic nitrogens is 3. The highest BCUT2D eigenvalue weighted by Gasteiger charge is 2.20. The molecule has 0 saturated carbocycles. The molecule has 3 aromatic carbocycles. The van der Waals surface area contributed by atoms with E-state index in [4.69, 9.17) is 16.3 Å². The Morgan fingerprint density at radius 3 is 2.34 bits per heavy atom. The van der Waals surface area contributed by atoms with Crippen LogP contribution in [-0.2, 0) is 0 Å². The number of hydrogen-bond acceptors (Lipinski definition) is 4. The zero-order valence-corrected chi connectivity index (χ0v) is 16.3. The van der Waals surface area contributed by atoms with Crippen LogP contribution >= 0.6 is 11.6 Å². The second kappa shape index (κ2) is 8.16. The highest BCUT2D eigenvalue weighted by atomic mass is 35.5. The van der Waals surface area contributed by atoms with Crippen molar-refractivity contribution >= 4 is 23.2 Å². The van der Waals surface area contributed by atoms with Gasteiger partial charge < -0.3 is 10.1 Å². The van der Waals surface area contributed by atoms with Gasteiger partial charge in [-0.1, -0.05) is 41.9 Å². The predicted octanol–water partition coefficient (Wildman–Crippen LogP) is 4.85. The minimum atomic E-state index is -0.406. The SMILES string of the molecule is COc1ccc(-c2nc(C(=O)Nc3ccccc3)nn2-c2ccccc2Cl)cc1. The average molecular weight is 405 g/mol. The van der Waals surface area contributed by atoms with E-state index in [9.17, 15) is 4.79 Å². The molecule has 6 nitrogen and oxygen atoms in total. The van der Waals surface area contributed by atoms with Crippen molar-refractivity contribution in [3.8, 4) is 22.8 Å². The maximum Gasteiger partial charge on any atom is 0.295 e. The number of amides is 1. The molecule has 4 aromatic rings. The number of carbonyl (C=O) groups excluding carboxylic acids is 1. The standard InChI is InChI=1S/C22H17ClN4O2/c1-29-17-13-11-15(12-14-17)21-25-20(22(28)24-16-7-3-2-4-8-16)26-27(21)19-10-6-5-9-18(19)23/h2-14H,1H3,(H,24,28). The van der Waals surface area contributed by atoms with Crippen molar-refractivity contribution in [1.29, 1.82) is 0 Å². The monoisotopic (exact) mass is 404 g/mol. The quantitative estimate of drug-likeness (QED) is 0.516. The van der Waals surface area contributed by atoms with Gasteiger partial charge in [0.15, 0.2) is 5.82 Å². The summed E-state index contributed by atoms with van der Waals surface area (Å²) in [7, 11) is 1.60. The number of benzene rings is 3. The Kier molecular flexibility index (Phi) is 5.27. The van der Waals surface area contributed by atoms with Gasteiger partial charge in [0.05, 0.1) is 17.8 Å². The van der Waals surface area contributed by atoms with E-state index < -0.39 is 5.91 Å². The molecule has 0 unspecified atom stereocenters. The smallest absolute Gasteiger partial charge is 0.295 e. The third kappa shape index (κ3) is 3.97. The first kappa shape index (κ1) is 18.7. The molecule has 4 rings (SSSR count). The fourth-order valence-corrected chi connectivity index (χ4v) is 3.05. The third-order valence-corrected chi connectivity index (χ3v) is 4.59. The van der Waals surface area contributed by atoms with E-state index in [0.717, 1.165) is 11.3 Å². The van der Waals surface area contributed by atoms with E-state index in [-0.39, 0.29) is 5.82 Å². The number of anilines is 1. The number of nitrogens with one attached hydrogen (secondary N) is 1.